The van der Waals surface area contributed by atoms with Crippen LogP contribution in [-0.4, -0.2) is 38.6 Å². The SMILES string of the molecule is COc1ccccc1CC(=O)NCC(c1ccco1)N(C)C. The predicted molar refractivity (Wildman–Crippen MR) is 84.8 cm³/mol. The second-order valence-corrected chi connectivity index (χ2v) is 5.29. The van der Waals surface area contributed by atoms with Crippen LogP contribution in [0, 0.1) is 0 Å². The fraction of sp³-hybridized carbons (Fsp3) is 0.353. The van der Waals surface area contributed by atoms with Gasteiger partial charge in [-0.2, -0.15) is 0 Å². The molecule has 1 unspecified atom stereocenters. The van der Waals surface area contributed by atoms with E-state index >= 15 is 0 Å². The molecule has 0 radical (unpaired) electrons. The van der Waals surface area contributed by atoms with Crippen molar-refractivity contribution in [1.29, 1.82) is 0 Å². The number of nitrogens with one attached hydrogen (secondary N) is 1. The Kier molecular flexibility index (Phi) is 5.61. The van der Waals surface area contributed by atoms with E-state index in [1.165, 1.54) is 0 Å². The van der Waals surface area contributed by atoms with Crippen LogP contribution >= 0.6 is 0 Å². The van der Waals surface area contributed by atoms with Gasteiger partial charge in [-0.05, 0) is 32.3 Å². The summed E-state index contributed by atoms with van der Waals surface area (Å²) >= 11 is 0. The van der Waals surface area contributed by atoms with Crippen molar-refractivity contribution in [2.45, 2.75) is 12.5 Å². The van der Waals surface area contributed by atoms with E-state index in [0.29, 0.717) is 13.0 Å². The molecule has 0 aliphatic rings. The Balaban J connectivity index is 1.94. The lowest BCUT2D eigenvalue weighted by Crippen LogP contribution is -2.35. The molecule has 5 nitrogen and oxygen atoms in total. The molecule has 0 bridgehead atoms. The molecule has 1 atom stereocenters. The van der Waals surface area contributed by atoms with Gasteiger partial charge in [-0.1, -0.05) is 18.2 Å². The number of hydrogen-bond donors (Lipinski definition) is 1. The smallest absolute Gasteiger partial charge is 0.224 e. The van der Waals surface area contributed by atoms with E-state index in [1.54, 1.807) is 13.4 Å². The first-order valence-electron chi connectivity index (χ1n) is 7.20. The maximum Gasteiger partial charge on any atom is 0.224 e. The maximum absolute atomic E-state index is 12.2. The fourth-order valence-electron chi connectivity index (χ4n) is 2.31. The third-order valence-corrected chi connectivity index (χ3v) is 3.53. The third kappa shape index (κ3) is 4.11. The number of ether oxygens (including phenoxy) is 1. The Morgan fingerprint density at radius 1 is 1.27 bits per heavy atom. The Labute approximate surface area is 130 Å². The molecule has 2 rings (SSSR count). The molecule has 0 saturated carbocycles. The average Bonchev–Trinajstić information content (AvgIpc) is 3.01. The Hall–Kier alpha value is -2.27. The zero-order chi connectivity index (χ0) is 15.9. The van der Waals surface area contributed by atoms with E-state index in [4.69, 9.17) is 9.15 Å². The molecule has 1 heterocycles. The maximum atomic E-state index is 12.2. The lowest BCUT2D eigenvalue weighted by molar-refractivity contribution is -0.120. The van der Waals surface area contributed by atoms with Crippen LogP contribution in [0.15, 0.2) is 47.1 Å². The summed E-state index contributed by atoms with van der Waals surface area (Å²) in [6.07, 6.45) is 1.94. The number of para-hydroxylation sites is 1. The number of carbonyl (C=O) groups is 1. The highest BCUT2D eigenvalue weighted by molar-refractivity contribution is 5.79. The minimum Gasteiger partial charge on any atom is -0.496 e. The van der Waals surface area contributed by atoms with Crippen LogP contribution in [0.1, 0.15) is 17.4 Å². The van der Waals surface area contributed by atoms with E-state index in [2.05, 4.69) is 5.32 Å². The summed E-state index contributed by atoms with van der Waals surface area (Å²) in [5, 5.41) is 2.96. The highest BCUT2D eigenvalue weighted by Crippen LogP contribution is 2.19. The van der Waals surface area contributed by atoms with Gasteiger partial charge in [0.25, 0.3) is 0 Å². The molecule has 0 saturated heterocycles. The molecule has 118 valence electrons. The molecule has 22 heavy (non-hydrogen) atoms. The molecule has 1 aromatic heterocycles. The minimum atomic E-state index is -0.0390. The molecular weight excluding hydrogens is 280 g/mol. The van der Waals surface area contributed by atoms with Gasteiger partial charge in [-0.3, -0.25) is 9.69 Å². The largest absolute Gasteiger partial charge is 0.496 e. The summed E-state index contributed by atoms with van der Waals surface area (Å²) in [7, 11) is 5.52. The second-order valence-electron chi connectivity index (χ2n) is 5.29. The molecule has 2 aromatic rings. The predicted octanol–water partition coefficient (Wildman–Crippen LogP) is 2.25. The van der Waals surface area contributed by atoms with Crippen molar-refractivity contribution in [2.24, 2.45) is 0 Å². The molecule has 0 aliphatic heterocycles. The standard InChI is InChI=1S/C17H22N2O3/c1-19(2)14(16-9-6-10-22-16)12-18-17(20)11-13-7-4-5-8-15(13)21-3/h4-10,14H,11-12H2,1-3H3,(H,18,20). The summed E-state index contributed by atoms with van der Waals surface area (Å²) in [5.74, 6) is 1.53. The molecule has 5 heteroatoms. The number of rotatable bonds is 7. The lowest BCUT2D eigenvalue weighted by atomic mass is 10.1. The number of likely N-dealkylation sites (N-methyl/N-ethyl adjacent to an activating group) is 1. The van der Waals surface area contributed by atoms with Gasteiger partial charge >= 0.3 is 0 Å². The van der Waals surface area contributed by atoms with Crippen LogP contribution in [0.4, 0.5) is 0 Å². The normalized spacial score (nSPS) is 12.2. The van der Waals surface area contributed by atoms with Crippen LogP contribution in [0.25, 0.3) is 0 Å². The second kappa shape index (κ2) is 7.66. The first-order valence-corrected chi connectivity index (χ1v) is 7.20. The fourth-order valence-corrected chi connectivity index (χ4v) is 2.31. The Morgan fingerprint density at radius 2 is 2.05 bits per heavy atom. The first-order chi connectivity index (χ1) is 10.6. The van der Waals surface area contributed by atoms with E-state index in [-0.39, 0.29) is 11.9 Å². The summed E-state index contributed by atoms with van der Waals surface area (Å²) in [6.45, 7) is 0.495. The number of benzene rings is 1. The quantitative estimate of drug-likeness (QED) is 0.852. The molecule has 1 N–H and O–H groups in total. The van der Waals surface area contributed by atoms with Crippen LogP contribution in [0.3, 0.4) is 0 Å². The molecule has 0 spiro atoms. The Morgan fingerprint density at radius 3 is 2.68 bits per heavy atom. The van der Waals surface area contributed by atoms with E-state index < -0.39 is 0 Å². The molecule has 1 aromatic carbocycles. The molecule has 0 aliphatic carbocycles. The Bertz CT molecular complexity index is 594. The summed E-state index contributed by atoms with van der Waals surface area (Å²) in [5.41, 5.74) is 0.877. The zero-order valence-electron chi connectivity index (χ0n) is 13.2. The van der Waals surface area contributed by atoms with E-state index in [1.807, 2.05) is 55.4 Å². The number of methoxy groups -OCH3 is 1. The van der Waals surface area contributed by atoms with Gasteiger partial charge in [0.05, 0.1) is 25.8 Å². The van der Waals surface area contributed by atoms with Crippen LogP contribution in [-0.2, 0) is 11.2 Å². The topological polar surface area (TPSA) is 54.7 Å². The van der Waals surface area contributed by atoms with Crippen LogP contribution in [0.2, 0.25) is 0 Å². The van der Waals surface area contributed by atoms with Crippen molar-refractivity contribution >= 4 is 5.91 Å². The van der Waals surface area contributed by atoms with Gasteiger partial charge in [-0.25, -0.2) is 0 Å². The third-order valence-electron chi connectivity index (χ3n) is 3.53. The van der Waals surface area contributed by atoms with Crippen molar-refractivity contribution in [2.75, 3.05) is 27.7 Å². The van der Waals surface area contributed by atoms with Gasteiger partial charge in [0.1, 0.15) is 11.5 Å². The number of nitrogens with zero attached hydrogens (tertiary/aromatic N) is 1. The van der Waals surface area contributed by atoms with Gasteiger partial charge in [0, 0.05) is 12.1 Å². The highest BCUT2D eigenvalue weighted by atomic mass is 16.5. The van der Waals surface area contributed by atoms with Gasteiger partial charge in [-0.15, -0.1) is 0 Å². The summed E-state index contributed by atoms with van der Waals surface area (Å²) < 4.78 is 10.7. The number of furan rings is 1. The van der Waals surface area contributed by atoms with Crippen LogP contribution < -0.4 is 10.1 Å². The van der Waals surface area contributed by atoms with Gasteiger partial charge < -0.3 is 14.5 Å². The van der Waals surface area contributed by atoms with Crippen molar-refractivity contribution in [3.63, 3.8) is 0 Å². The average molecular weight is 302 g/mol. The molecular formula is C17H22N2O3. The zero-order valence-corrected chi connectivity index (χ0v) is 13.2. The highest BCUT2D eigenvalue weighted by Gasteiger charge is 2.18. The van der Waals surface area contributed by atoms with Crippen molar-refractivity contribution < 1.29 is 13.9 Å². The number of hydrogen-bond acceptors (Lipinski definition) is 4. The monoisotopic (exact) mass is 302 g/mol. The summed E-state index contributed by atoms with van der Waals surface area (Å²) in [4.78, 5) is 14.2. The molecule has 0 fully saturated rings. The van der Waals surface area contributed by atoms with Crippen LogP contribution in [0.5, 0.6) is 5.75 Å². The molecule has 1 amide bonds. The van der Waals surface area contributed by atoms with Gasteiger partial charge in [0.2, 0.25) is 5.91 Å². The van der Waals surface area contributed by atoms with E-state index in [0.717, 1.165) is 17.1 Å². The number of amides is 1. The van der Waals surface area contributed by atoms with Crippen molar-refractivity contribution in [3.05, 3.63) is 54.0 Å². The van der Waals surface area contributed by atoms with Gasteiger partial charge in [0.15, 0.2) is 0 Å². The van der Waals surface area contributed by atoms with Crippen molar-refractivity contribution in [3.8, 4) is 5.75 Å². The minimum absolute atomic E-state index is 0.0108. The van der Waals surface area contributed by atoms with Crippen molar-refractivity contribution in [1.82, 2.24) is 10.2 Å². The number of carbonyl (C=O) groups excluding carboxylic acids is 1. The summed E-state index contributed by atoms with van der Waals surface area (Å²) in [6, 6.07) is 11.3. The lowest BCUT2D eigenvalue weighted by Gasteiger charge is -2.22. The first kappa shape index (κ1) is 16.1. The van der Waals surface area contributed by atoms with E-state index in [9.17, 15) is 4.79 Å².